The number of anilines is 1. The molecule has 0 aliphatic heterocycles. The molecule has 2 aromatic heterocycles. The molecule has 0 bridgehead atoms. The monoisotopic (exact) mass is 525 g/mol. The number of hydrogen-bond donors (Lipinski definition) is 1. The average molecular weight is 526 g/mol. The van der Waals surface area contributed by atoms with Crippen molar-refractivity contribution < 1.29 is 13.9 Å². The van der Waals surface area contributed by atoms with E-state index in [4.69, 9.17) is 9.15 Å². The number of hydrogen-bond acceptors (Lipinski definition) is 5. The van der Waals surface area contributed by atoms with Crippen molar-refractivity contribution in [2.45, 2.75) is 58.4 Å². The van der Waals surface area contributed by atoms with Gasteiger partial charge in [-0.3, -0.25) is 4.79 Å². The Bertz CT molecular complexity index is 1420. The second-order valence-corrected chi connectivity index (χ2v) is 10.7. The molecule has 2 heterocycles. The molecular weight excluding hydrogens is 486 g/mol. The Hall–Kier alpha value is -3.80. The molecule has 6 heteroatoms. The van der Waals surface area contributed by atoms with Crippen LogP contribution in [0.15, 0.2) is 65.2 Å². The predicted molar refractivity (Wildman–Crippen MR) is 157 cm³/mol. The fourth-order valence-corrected chi connectivity index (χ4v) is 5.89. The number of ether oxygens (including phenoxy) is 1. The van der Waals surface area contributed by atoms with Gasteiger partial charge >= 0.3 is 0 Å². The first-order valence-electron chi connectivity index (χ1n) is 14.1. The number of pyridine rings is 1. The van der Waals surface area contributed by atoms with Crippen LogP contribution in [0.25, 0.3) is 22.1 Å². The van der Waals surface area contributed by atoms with Crippen LogP contribution in [0, 0.1) is 12.8 Å². The number of rotatable bonds is 9. The minimum Gasteiger partial charge on any atom is -0.481 e. The Labute approximate surface area is 231 Å². The zero-order valence-corrected chi connectivity index (χ0v) is 23.5. The van der Waals surface area contributed by atoms with E-state index in [1.807, 2.05) is 43.4 Å². The highest BCUT2D eigenvalue weighted by atomic mass is 16.5. The maximum atomic E-state index is 12.7. The van der Waals surface area contributed by atoms with Crippen LogP contribution in [0.5, 0.6) is 5.88 Å². The highest BCUT2D eigenvalue weighted by Crippen LogP contribution is 2.42. The summed E-state index contributed by atoms with van der Waals surface area (Å²) in [5, 5.41) is 4.91. The first-order valence-corrected chi connectivity index (χ1v) is 14.1. The first kappa shape index (κ1) is 26.8. The van der Waals surface area contributed by atoms with Crippen LogP contribution >= 0.6 is 0 Å². The summed E-state index contributed by atoms with van der Waals surface area (Å²) >= 11 is 0. The lowest BCUT2D eigenvalue weighted by Crippen LogP contribution is -2.27. The molecule has 1 N–H and O–H groups in total. The number of amides is 1. The highest BCUT2D eigenvalue weighted by Gasteiger charge is 2.30. The van der Waals surface area contributed by atoms with E-state index >= 15 is 0 Å². The molecule has 0 spiro atoms. The molecule has 4 aromatic rings. The van der Waals surface area contributed by atoms with Crippen molar-refractivity contribution in [3.63, 3.8) is 0 Å². The quantitative estimate of drug-likeness (QED) is 0.240. The van der Waals surface area contributed by atoms with Crippen molar-refractivity contribution in [3.8, 4) is 17.0 Å². The second-order valence-electron chi connectivity index (χ2n) is 10.7. The Kier molecular flexibility index (Phi) is 8.20. The van der Waals surface area contributed by atoms with Gasteiger partial charge in [0.15, 0.2) is 0 Å². The van der Waals surface area contributed by atoms with Crippen LogP contribution in [0.2, 0.25) is 0 Å². The number of aryl methyl sites for hydroxylation is 1. The maximum absolute atomic E-state index is 12.7. The van der Waals surface area contributed by atoms with Crippen molar-refractivity contribution >= 4 is 22.6 Å². The van der Waals surface area contributed by atoms with Gasteiger partial charge in [-0.25, -0.2) is 4.98 Å². The van der Waals surface area contributed by atoms with Crippen molar-refractivity contribution in [2.75, 3.05) is 26.0 Å². The van der Waals surface area contributed by atoms with Gasteiger partial charge in [0, 0.05) is 47.6 Å². The van der Waals surface area contributed by atoms with Gasteiger partial charge in [-0.1, -0.05) is 32.3 Å². The van der Waals surface area contributed by atoms with Gasteiger partial charge in [-0.05, 0) is 86.2 Å². The topological polar surface area (TPSA) is 67.6 Å². The molecule has 204 valence electrons. The summed E-state index contributed by atoms with van der Waals surface area (Å²) in [5.41, 5.74) is 5.77. The van der Waals surface area contributed by atoms with Crippen LogP contribution in [0.1, 0.15) is 73.2 Å². The lowest BCUT2D eigenvalue weighted by Gasteiger charge is -2.31. The van der Waals surface area contributed by atoms with E-state index in [0.717, 1.165) is 52.1 Å². The standard InChI is InChI=1S/C33H39N3O3/c1-5-20-36(3)33(37)24-13-16-26(17-14-24)35-30(23-10-7-6-8-11-23)31-22(2)28-21-25(15-18-29(28)39-31)27-12-9-19-34-32(27)38-4/h9,12-19,21,23,30,35H,5-8,10-11,20H2,1-4H3. The molecule has 6 nitrogen and oxygen atoms in total. The van der Waals surface area contributed by atoms with Crippen LogP contribution in [-0.2, 0) is 0 Å². The lowest BCUT2D eigenvalue weighted by molar-refractivity contribution is 0.0795. The molecule has 1 fully saturated rings. The highest BCUT2D eigenvalue weighted by molar-refractivity contribution is 5.94. The number of fused-ring (bicyclic) bond motifs is 1. The Morgan fingerprint density at radius 2 is 1.90 bits per heavy atom. The van der Waals surface area contributed by atoms with Gasteiger partial charge in [0.2, 0.25) is 5.88 Å². The largest absolute Gasteiger partial charge is 0.481 e. The first-order chi connectivity index (χ1) is 19.0. The summed E-state index contributed by atoms with van der Waals surface area (Å²) in [7, 11) is 3.51. The third-order valence-electron chi connectivity index (χ3n) is 8.01. The Morgan fingerprint density at radius 1 is 1.13 bits per heavy atom. The molecule has 1 saturated carbocycles. The molecular formula is C33H39N3O3. The van der Waals surface area contributed by atoms with Crippen molar-refractivity contribution in [3.05, 3.63) is 77.7 Å². The van der Waals surface area contributed by atoms with Gasteiger partial charge in [0.25, 0.3) is 5.91 Å². The van der Waals surface area contributed by atoms with Gasteiger partial charge in [-0.15, -0.1) is 0 Å². The molecule has 5 rings (SSSR count). The third kappa shape index (κ3) is 5.65. The number of methoxy groups -OCH3 is 1. The molecule has 1 aliphatic rings. The molecule has 2 aromatic carbocycles. The fourth-order valence-electron chi connectivity index (χ4n) is 5.89. The smallest absolute Gasteiger partial charge is 0.253 e. The van der Waals surface area contributed by atoms with Gasteiger partial charge in [0.05, 0.1) is 13.2 Å². The molecule has 0 radical (unpaired) electrons. The van der Waals surface area contributed by atoms with E-state index in [1.54, 1.807) is 18.2 Å². The molecule has 1 atom stereocenters. The fraction of sp³-hybridized carbons (Fsp3) is 0.394. The van der Waals surface area contributed by atoms with E-state index in [1.165, 1.54) is 32.1 Å². The number of carbonyl (C=O) groups is 1. The normalized spacial score (nSPS) is 14.8. The van der Waals surface area contributed by atoms with Crippen molar-refractivity contribution in [1.82, 2.24) is 9.88 Å². The van der Waals surface area contributed by atoms with E-state index in [0.29, 0.717) is 17.4 Å². The molecule has 1 aliphatic carbocycles. The summed E-state index contributed by atoms with van der Waals surface area (Å²) in [6.07, 6.45) is 8.80. The number of nitrogens with zero attached hydrogens (tertiary/aromatic N) is 2. The van der Waals surface area contributed by atoms with E-state index in [-0.39, 0.29) is 11.9 Å². The Balaban J connectivity index is 1.47. The number of carbonyl (C=O) groups excluding carboxylic acids is 1. The number of furan rings is 1. The van der Waals surface area contributed by atoms with E-state index < -0.39 is 0 Å². The lowest BCUT2D eigenvalue weighted by atomic mass is 9.82. The molecule has 1 unspecified atom stereocenters. The second kappa shape index (κ2) is 11.9. The van der Waals surface area contributed by atoms with Gasteiger partial charge < -0.3 is 19.4 Å². The maximum Gasteiger partial charge on any atom is 0.253 e. The minimum absolute atomic E-state index is 0.0541. The molecule has 1 amide bonds. The summed E-state index contributed by atoms with van der Waals surface area (Å²) < 4.78 is 12.1. The predicted octanol–water partition coefficient (Wildman–Crippen LogP) is 8.03. The van der Waals surface area contributed by atoms with Crippen LogP contribution in [0.4, 0.5) is 5.69 Å². The van der Waals surface area contributed by atoms with Gasteiger partial charge in [0.1, 0.15) is 11.3 Å². The zero-order valence-electron chi connectivity index (χ0n) is 23.5. The summed E-state index contributed by atoms with van der Waals surface area (Å²) in [6.45, 7) is 5.00. The van der Waals surface area contributed by atoms with E-state index in [9.17, 15) is 4.79 Å². The number of nitrogens with one attached hydrogen (secondary N) is 1. The number of benzene rings is 2. The molecule has 0 saturated heterocycles. The minimum atomic E-state index is 0.0541. The van der Waals surface area contributed by atoms with Crippen molar-refractivity contribution in [2.24, 2.45) is 5.92 Å². The number of aromatic nitrogens is 1. The summed E-state index contributed by atoms with van der Waals surface area (Å²) in [5.74, 6) is 2.15. The molecule has 39 heavy (non-hydrogen) atoms. The summed E-state index contributed by atoms with van der Waals surface area (Å²) in [4.78, 5) is 18.9. The third-order valence-corrected chi connectivity index (χ3v) is 8.01. The summed E-state index contributed by atoms with van der Waals surface area (Å²) in [6, 6.07) is 18.2. The zero-order chi connectivity index (χ0) is 27.4. The Morgan fingerprint density at radius 3 is 2.62 bits per heavy atom. The van der Waals surface area contributed by atoms with Crippen LogP contribution < -0.4 is 10.1 Å². The van der Waals surface area contributed by atoms with Crippen molar-refractivity contribution in [1.29, 1.82) is 0 Å². The van der Waals surface area contributed by atoms with Crippen LogP contribution in [-0.4, -0.2) is 36.5 Å². The SMILES string of the molecule is CCCN(C)C(=O)c1ccc(NC(c2oc3ccc(-c4cccnc4OC)cc3c2C)C2CCCCC2)cc1. The van der Waals surface area contributed by atoms with E-state index in [2.05, 4.69) is 42.3 Å². The van der Waals surface area contributed by atoms with Gasteiger partial charge in [-0.2, -0.15) is 0 Å². The van der Waals surface area contributed by atoms with Crippen LogP contribution in [0.3, 0.4) is 0 Å². The average Bonchev–Trinajstić information content (AvgIpc) is 3.31.